The first kappa shape index (κ1) is 14.3. The summed E-state index contributed by atoms with van der Waals surface area (Å²) >= 11 is 0. The van der Waals surface area contributed by atoms with Gasteiger partial charge in [-0.15, -0.1) is 0 Å². The van der Waals surface area contributed by atoms with Gasteiger partial charge >= 0.3 is 6.01 Å². The molecule has 2 rings (SSSR count). The molecule has 0 aromatic carbocycles. The highest BCUT2D eigenvalue weighted by Gasteiger charge is 2.23. The molecule has 0 saturated carbocycles. The molecule has 3 N–H and O–H groups in total. The van der Waals surface area contributed by atoms with E-state index >= 15 is 0 Å². The molecule has 0 radical (unpaired) electrons. The maximum absolute atomic E-state index is 11.7. The quantitative estimate of drug-likeness (QED) is 0.717. The summed E-state index contributed by atoms with van der Waals surface area (Å²) in [5.41, 5.74) is 0. The molecule has 0 spiro atoms. The fraction of sp³-hybridized carbons (Fsp3) is 0.667. The van der Waals surface area contributed by atoms with Crippen molar-refractivity contribution in [1.29, 1.82) is 0 Å². The van der Waals surface area contributed by atoms with Gasteiger partial charge in [-0.2, -0.15) is 15.0 Å². The Bertz CT molecular complexity index is 479. The highest BCUT2D eigenvalue weighted by molar-refractivity contribution is 5.84. The lowest BCUT2D eigenvalue weighted by atomic mass is 10.1. The van der Waals surface area contributed by atoms with Crippen LogP contribution >= 0.6 is 0 Å². The second-order valence-electron chi connectivity index (χ2n) is 4.81. The minimum absolute atomic E-state index is 0.0333. The van der Waals surface area contributed by atoms with Crippen LogP contribution in [0.5, 0.6) is 6.01 Å². The Morgan fingerprint density at radius 1 is 1.30 bits per heavy atom. The first-order valence-electron chi connectivity index (χ1n) is 6.73. The number of rotatable bonds is 5. The highest BCUT2D eigenvalue weighted by Crippen LogP contribution is 2.15. The van der Waals surface area contributed by atoms with Gasteiger partial charge in [0.1, 0.15) is 6.04 Å². The molecule has 1 atom stereocenters. The number of hydrogen-bond donors (Lipinski definition) is 3. The molecule has 1 fully saturated rings. The molecule has 8 heteroatoms. The van der Waals surface area contributed by atoms with Gasteiger partial charge in [0.05, 0.1) is 6.10 Å². The Kier molecular flexibility index (Phi) is 4.54. The van der Waals surface area contributed by atoms with Gasteiger partial charge in [-0.25, -0.2) is 0 Å². The standard InChI is InChI=1S/C12H20N6O2/c1-7(2)20-12-17-10(13-3)16-11(18-12)15-8-5-4-6-14-9(8)19/h7-8H,4-6H2,1-3H3,(H,14,19)(H2,13,15,16,17,18). The van der Waals surface area contributed by atoms with E-state index in [0.29, 0.717) is 11.9 Å². The van der Waals surface area contributed by atoms with Crippen LogP contribution in [0.3, 0.4) is 0 Å². The average molecular weight is 280 g/mol. The molecule has 0 bridgehead atoms. The molecule has 1 amide bonds. The predicted octanol–water partition coefficient (Wildman–Crippen LogP) is 0.391. The van der Waals surface area contributed by atoms with Crippen LogP contribution in [0.4, 0.5) is 11.9 Å². The molecule has 20 heavy (non-hydrogen) atoms. The van der Waals surface area contributed by atoms with Crippen molar-refractivity contribution in [2.75, 3.05) is 24.2 Å². The second-order valence-corrected chi connectivity index (χ2v) is 4.81. The Balaban J connectivity index is 2.15. The van der Waals surface area contributed by atoms with Crippen molar-refractivity contribution in [3.63, 3.8) is 0 Å². The molecule has 1 aliphatic heterocycles. The third kappa shape index (κ3) is 3.69. The van der Waals surface area contributed by atoms with Crippen LogP contribution in [0.2, 0.25) is 0 Å². The van der Waals surface area contributed by atoms with E-state index in [-0.39, 0.29) is 24.1 Å². The molecule has 0 aliphatic carbocycles. The van der Waals surface area contributed by atoms with E-state index in [1.807, 2.05) is 13.8 Å². The normalized spacial score (nSPS) is 18.6. The van der Waals surface area contributed by atoms with Gasteiger partial charge in [0, 0.05) is 13.6 Å². The zero-order valence-electron chi connectivity index (χ0n) is 11.9. The number of nitrogens with zero attached hydrogens (tertiary/aromatic N) is 3. The number of carbonyl (C=O) groups excluding carboxylic acids is 1. The molecule has 110 valence electrons. The Labute approximate surface area is 117 Å². The van der Waals surface area contributed by atoms with Crippen LogP contribution in [-0.2, 0) is 4.79 Å². The summed E-state index contributed by atoms with van der Waals surface area (Å²) in [6.45, 7) is 4.51. The molecular formula is C12H20N6O2. The zero-order valence-corrected chi connectivity index (χ0v) is 11.9. The van der Waals surface area contributed by atoms with E-state index in [1.165, 1.54) is 0 Å². The topological polar surface area (TPSA) is 101 Å². The number of carbonyl (C=O) groups is 1. The van der Waals surface area contributed by atoms with E-state index in [0.717, 1.165) is 19.4 Å². The van der Waals surface area contributed by atoms with Crippen molar-refractivity contribution in [3.05, 3.63) is 0 Å². The van der Waals surface area contributed by atoms with Gasteiger partial charge in [0.2, 0.25) is 17.8 Å². The van der Waals surface area contributed by atoms with Crippen LogP contribution in [0.15, 0.2) is 0 Å². The van der Waals surface area contributed by atoms with Crippen LogP contribution in [-0.4, -0.2) is 46.6 Å². The van der Waals surface area contributed by atoms with Gasteiger partial charge in [-0.3, -0.25) is 4.79 Å². The molecule has 2 heterocycles. The fourth-order valence-corrected chi connectivity index (χ4v) is 1.86. The summed E-state index contributed by atoms with van der Waals surface area (Å²) in [6.07, 6.45) is 1.66. The number of hydrogen-bond acceptors (Lipinski definition) is 7. The largest absolute Gasteiger partial charge is 0.461 e. The smallest absolute Gasteiger partial charge is 0.323 e. The number of amides is 1. The number of anilines is 2. The summed E-state index contributed by atoms with van der Waals surface area (Å²) in [4.78, 5) is 24.2. The molecule has 1 aromatic heterocycles. The molecule has 1 aromatic rings. The Hall–Kier alpha value is -2.12. The van der Waals surface area contributed by atoms with E-state index in [9.17, 15) is 4.79 Å². The Morgan fingerprint density at radius 2 is 2.05 bits per heavy atom. The van der Waals surface area contributed by atoms with Gasteiger partial charge < -0.3 is 20.7 Å². The van der Waals surface area contributed by atoms with Gasteiger partial charge in [-0.1, -0.05) is 0 Å². The molecular weight excluding hydrogens is 260 g/mol. The maximum atomic E-state index is 11.7. The summed E-state index contributed by atoms with van der Waals surface area (Å²) in [7, 11) is 1.71. The van der Waals surface area contributed by atoms with E-state index in [1.54, 1.807) is 7.05 Å². The van der Waals surface area contributed by atoms with Crippen molar-refractivity contribution in [1.82, 2.24) is 20.3 Å². The highest BCUT2D eigenvalue weighted by atomic mass is 16.5. The third-order valence-corrected chi connectivity index (χ3v) is 2.77. The van der Waals surface area contributed by atoms with Crippen LogP contribution in [0.25, 0.3) is 0 Å². The van der Waals surface area contributed by atoms with Crippen LogP contribution < -0.4 is 20.7 Å². The van der Waals surface area contributed by atoms with Gasteiger partial charge in [-0.05, 0) is 26.7 Å². The van der Waals surface area contributed by atoms with Gasteiger partial charge in [0.25, 0.3) is 0 Å². The van der Waals surface area contributed by atoms with Crippen LogP contribution in [0, 0.1) is 0 Å². The maximum Gasteiger partial charge on any atom is 0.323 e. The second kappa shape index (κ2) is 6.36. The number of nitrogens with one attached hydrogen (secondary N) is 3. The number of ether oxygens (including phenoxy) is 1. The fourth-order valence-electron chi connectivity index (χ4n) is 1.86. The molecule has 1 saturated heterocycles. The number of piperidine rings is 1. The van der Waals surface area contributed by atoms with E-state index in [4.69, 9.17) is 4.74 Å². The van der Waals surface area contributed by atoms with Crippen LogP contribution in [0.1, 0.15) is 26.7 Å². The summed E-state index contributed by atoms with van der Waals surface area (Å²) in [5.74, 6) is 0.699. The molecule has 8 nitrogen and oxygen atoms in total. The molecule has 1 aliphatic rings. The summed E-state index contributed by atoms with van der Waals surface area (Å²) < 4.78 is 5.47. The molecule has 1 unspecified atom stereocenters. The van der Waals surface area contributed by atoms with Crippen molar-refractivity contribution in [3.8, 4) is 6.01 Å². The first-order valence-corrected chi connectivity index (χ1v) is 6.73. The van der Waals surface area contributed by atoms with Crippen molar-refractivity contribution < 1.29 is 9.53 Å². The minimum atomic E-state index is -0.317. The van der Waals surface area contributed by atoms with Crippen molar-refractivity contribution >= 4 is 17.8 Å². The van der Waals surface area contributed by atoms with Gasteiger partial charge in [0.15, 0.2) is 0 Å². The lowest BCUT2D eigenvalue weighted by molar-refractivity contribution is -0.123. The van der Waals surface area contributed by atoms with Crippen molar-refractivity contribution in [2.45, 2.75) is 38.8 Å². The lowest BCUT2D eigenvalue weighted by Gasteiger charge is -2.22. The first-order chi connectivity index (χ1) is 9.58. The third-order valence-electron chi connectivity index (χ3n) is 2.77. The monoisotopic (exact) mass is 280 g/mol. The minimum Gasteiger partial charge on any atom is -0.461 e. The average Bonchev–Trinajstić information content (AvgIpc) is 2.40. The predicted molar refractivity (Wildman–Crippen MR) is 74.8 cm³/mol. The summed E-state index contributed by atoms with van der Waals surface area (Å²) in [5, 5.41) is 8.68. The Morgan fingerprint density at radius 3 is 2.70 bits per heavy atom. The number of aromatic nitrogens is 3. The summed E-state index contributed by atoms with van der Waals surface area (Å²) in [6, 6.07) is -0.0826. The zero-order chi connectivity index (χ0) is 14.5. The van der Waals surface area contributed by atoms with Crippen molar-refractivity contribution in [2.24, 2.45) is 0 Å². The SMILES string of the molecule is CNc1nc(NC2CCCNC2=O)nc(OC(C)C)n1. The van der Waals surface area contributed by atoms with E-state index < -0.39 is 0 Å². The van der Waals surface area contributed by atoms with E-state index in [2.05, 4.69) is 30.9 Å². The lowest BCUT2D eigenvalue weighted by Crippen LogP contribution is -2.44.